The van der Waals surface area contributed by atoms with Gasteiger partial charge in [-0.2, -0.15) is 0 Å². The van der Waals surface area contributed by atoms with Crippen LogP contribution in [0.3, 0.4) is 0 Å². The fourth-order valence-electron chi connectivity index (χ4n) is 3.82. The lowest BCUT2D eigenvalue weighted by molar-refractivity contribution is -0.0873. The van der Waals surface area contributed by atoms with Crippen LogP contribution in [0, 0.1) is 11.6 Å². The molecule has 0 N–H and O–H groups in total. The summed E-state index contributed by atoms with van der Waals surface area (Å²) in [7, 11) is 0. The summed E-state index contributed by atoms with van der Waals surface area (Å²) in [5.41, 5.74) is 2.10. The molecule has 0 saturated heterocycles. The monoisotopic (exact) mass is 399 g/mol. The zero-order valence-electron chi connectivity index (χ0n) is 15.8. The highest BCUT2D eigenvalue weighted by atomic mass is 19.3. The van der Waals surface area contributed by atoms with Gasteiger partial charge in [-0.1, -0.05) is 60.7 Å². The van der Waals surface area contributed by atoms with E-state index in [-0.39, 0.29) is 11.3 Å². The fraction of sp³-hybridized carbons (Fsp3) is 0.250. The van der Waals surface area contributed by atoms with Gasteiger partial charge in [0, 0.05) is 32.0 Å². The van der Waals surface area contributed by atoms with Crippen LogP contribution in [0.4, 0.5) is 23.2 Å². The first-order valence-electron chi connectivity index (χ1n) is 9.61. The van der Waals surface area contributed by atoms with Gasteiger partial charge in [-0.05, 0) is 28.7 Å². The molecular weight excluding hydrogens is 378 g/mol. The predicted octanol–water partition coefficient (Wildman–Crippen LogP) is 6.68. The lowest BCUT2D eigenvalue weighted by Crippen LogP contribution is -2.34. The molecule has 3 aromatic carbocycles. The summed E-state index contributed by atoms with van der Waals surface area (Å²) in [5, 5.41) is 0. The van der Waals surface area contributed by atoms with Gasteiger partial charge >= 0.3 is 0 Å². The second kappa shape index (κ2) is 7.90. The second-order valence-electron chi connectivity index (χ2n) is 7.61. The van der Waals surface area contributed by atoms with Crippen molar-refractivity contribution in [1.82, 2.24) is 0 Å². The van der Waals surface area contributed by atoms with Gasteiger partial charge in [0.15, 0.2) is 0 Å². The van der Waals surface area contributed by atoms with Crippen molar-refractivity contribution in [2.75, 3.05) is 4.90 Å². The first kappa shape index (κ1) is 19.5. The molecular formula is C24H21F4N. The van der Waals surface area contributed by atoms with Gasteiger partial charge in [0.1, 0.15) is 11.6 Å². The Kier molecular flexibility index (Phi) is 5.31. The van der Waals surface area contributed by atoms with Crippen LogP contribution in [0.1, 0.15) is 35.4 Å². The van der Waals surface area contributed by atoms with E-state index in [0.717, 1.165) is 23.3 Å². The van der Waals surface area contributed by atoms with Gasteiger partial charge in [-0.3, -0.25) is 0 Å². The molecule has 0 aromatic heterocycles. The lowest BCUT2D eigenvalue weighted by Gasteiger charge is -2.35. The number of hydrogen-bond acceptors (Lipinski definition) is 1. The van der Waals surface area contributed by atoms with Crippen LogP contribution in [0.15, 0.2) is 72.8 Å². The Bertz CT molecular complexity index is 923. The van der Waals surface area contributed by atoms with Crippen LogP contribution < -0.4 is 4.90 Å². The molecule has 4 rings (SSSR count). The van der Waals surface area contributed by atoms with Crippen molar-refractivity contribution in [3.8, 4) is 0 Å². The van der Waals surface area contributed by atoms with Crippen LogP contribution in [-0.2, 0) is 13.1 Å². The molecule has 0 aliphatic heterocycles. The fourth-order valence-corrected chi connectivity index (χ4v) is 3.82. The smallest absolute Gasteiger partial charge is 0.249 e. The molecule has 29 heavy (non-hydrogen) atoms. The minimum absolute atomic E-state index is 0.0385. The minimum Gasteiger partial charge on any atom is -0.360 e. The summed E-state index contributed by atoms with van der Waals surface area (Å²) >= 11 is 0. The van der Waals surface area contributed by atoms with E-state index in [0.29, 0.717) is 13.1 Å². The molecule has 1 aliphatic carbocycles. The quantitative estimate of drug-likeness (QED) is 0.418. The summed E-state index contributed by atoms with van der Waals surface area (Å²) < 4.78 is 56.1. The van der Waals surface area contributed by atoms with E-state index >= 15 is 4.39 Å². The van der Waals surface area contributed by atoms with Crippen molar-refractivity contribution in [3.05, 3.63) is 101 Å². The summed E-state index contributed by atoms with van der Waals surface area (Å²) in [5.74, 6) is -4.64. The van der Waals surface area contributed by atoms with Crippen molar-refractivity contribution >= 4 is 5.69 Å². The SMILES string of the molecule is Fc1cc(N(Cc2ccccc2)Cc2ccccc2)c(F)cc1C1CC(F)(F)C1. The van der Waals surface area contributed by atoms with Crippen molar-refractivity contribution in [2.24, 2.45) is 0 Å². The lowest BCUT2D eigenvalue weighted by atomic mass is 9.76. The van der Waals surface area contributed by atoms with E-state index in [4.69, 9.17) is 0 Å². The molecule has 3 aromatic rings. The highest BCUT2D eigenvalue weighted by Gasteiger charge is 2.46. The molecule has 0 unspecified atom stereocenters. The van der Waals surface area contributed by atoms with Crippen molar-refractivity contribution in [3.63, 3.8) is 0 Å². The average Bonchev–Trinajstić information content (AvgIpc) is 2.69. The highest BCUT2D eigenvalue weighted by molar-refractivity contribution is 5.52. The Hall–Kier alpha value is -2.82. The topological polar surface area (TPSA) is 3.24 Å². The molecule has 0 radical (unpaired) electrons. The van der Waals surface area contributed by atoms with E-state index in [1.54, 1.807) is 4.90 Å². The first-order chi connectivity index (χ1) is 13.9. The predicted molar refractivity (Wildman–Crippen MR) is 106 cm³/mol. The third-order valence-corrected chi connectivity index (χ3v) is 5.37. The van der Waals surface area contributed by atoms with Crippen LogP contribution in [0.2, 0.25) is 0 Å². The second-order valence-corrected chi connectivity index (χ2v) is 7.61. The molecule has 150 valence electrons. The Morgan fingerprint density at radius 2 is 1.28 bits per heavy atom. The van der Waals surface area contributed by atoms with Crippen LogP contribution in [0.25, 0.3) is 0 Å². The van der Waals surface area contributed by atoms with E-state index in [2.05, 4.69) is 0 Å². The molecule has 0 spiro atoms. The maximum Gasteiger partial charge on any atom is 0.249 e. The molecule has 1 fully saturated rings. The normalized spacial score (nSPS) is 15.7. The van der Waals surface area contributed by atoms with Gasteiger partial charge < -0.3 is 4.90 Å². The van der Waals surface area contributed by atoms with E-state index in [1.165, 1.54) is 0 Å². The Morgan fingerprint density at radius 1 is 0.759 bits per heavy atom. The molecule has 5 heteroatoms. The number of benzene rings is 3. The largest absolute Gasteiger partial charge is 0.360 e. The molecule has 0 bridgehead atoms. The molecule has 0 heterocycles. The summed E-state index contributed by atoms with van der Waals surface area (Å²) in [6.07, 6.45) is -0.860. The molecule has 1 nitrogen and oxygen atoms in total. The standard InChI is InChI=1S/C24H21F4N/c25-21-12-23(22(26)11-20(21)19-13-24(27,28)14-19)29(15-17-7-3-1-4-8-17)16-18-9-5-2-6-10-18/h1-12,19H,13-16H2. The molecule has 1 saturated carbocycles. The summed E-state index contributed by atoms with van der Waals surface area (Å²) in [6, 6.07) is 21.3. The first-order valence-corrected chi connectivity index (χ1v) is 9.61. The van der Waals surface area contributed by atoms with E-state index < -0.39 is 36.3 Å². The number of nitrogens with zero attached hydrogens (tertiary/aromatic N) is 1. The van der Waals surface area contributed by atoms with Crippen molar-refractivity contribution in [2.45, 2.75) is 37.8 Å². The van der Waals surface area contributed by atoms with E-state index in [9.17, 15) is 13.2 Å². The number of alkyl halides is 2. The Morgan fingerprint density at radius 3 is 1.76 bits per heavy atom. The zero-order valence-corrected chi connectivity index (χ0v) is 15.8. The van der Waals surface area contributed by atoms with Gasteiger partial charge in [0.25, 0.3) is 0 Å². The number of rotatable bonds is 6. The minimum atomic E-state index is -2.78. The van der Waals surface area contributed by atoms with Crippen LogP contribution >= 0.6 is 0 Å². The van der Waals surface area contributed by atoms with Crippen LogP contribution in [0.5, 0.6) is 0 Å². The Balaban J connectivity index is 1.65. The summed E-state index contributed by atoms with van der Waals surface area (Å²) in [6.45, 7) is 0.792. The number of hydrogen-bond donors (Lipinski definition) is 0. The highest BCUT2D eigenvalue weighted by Crippen LogP contribution is 2.49. The zero-order chi connectivity index (χ0) is 20.4. The molecule has 0 atom stereocenters. The van der Waals surface area contributed by atoms with Gasteiger partial charge in [0.05, 0.1) is 5.69 Å². The average molecular weight is 399 g/mol. The number of halogens is 4. The van der Waals surface area contributed by atoms with Crippen LogP contribution in [-0.4, -0.2) is 5.92 Å². The maximum atomic E-state index is 15.0. The third kappa shape index (κ3) is 4.44. The maximum absolute atomic E-state index is 15.0. The van der Waals surface area contributed by atoms with E-state index in [1.807, 2.05) is 60.7 Å². The Labute approximate surface area is 167 Å². The third-order valence-electron chi connectivity index (χ3n) is 5.37. The summed E-state index contributed by atoms with van der Waals surface area (Å²) in [4.78, 5) is 1.77. The number of anilines is 1. The molecule has 1 aliphatic rings. The van der Waals surface area contributed by atoms with Crippen molar-refractivity contribution < 1.29 is 17.6 Å². The van der Waals surface area contributed by atoms with Gasteiger partial charge in [-0.25, -0.2) is 17.6 Å². The van der Waals surface area contributed by atoms with Crippen molar-refractivity contribution in [1.29, 1.82) is 0 Å². The van der Waals surface area contributed by atoms with Gasteiger partial charge in [-0.15, -0.1) is 0 Å². The van der Waals surface area contributed by atoms with Gasteiger partial charge in [0.2, 0.25) is 5.92 Å². The molecule has 0 amide bonds.